The highest BCUT2D eigenvalue weighted by atomic mass is 16.2. The molecule has 22 heavy (non-hydrogen) atoms. The molecule has 4 nitrogen and oxygen atoms in total. The molecule has 0 spiro atoms. The summed E-state index contributed by atoms with van der Waals surface area (Å²) < 4.78 is 0. The van der Waals surface area contributed by atoms with Gasteiger partial charge < -0.3 is 0 Å². The smallest absolute Gasteiger partial charge is 0.267 e. The Morgan fingerprint density at radius 3 is 2.50 bits per heavy atom. The topological polar surface area (TPSA) is 45.6 Å². The third-order valence-corrected chi connectivity index (χ3v) is 3.10. The van der Waals surface area contributed by atoms with Gasteiger partial charge in [-0.05, 0) is 44.5 Å². The van der Waals surface area contributed by atoms with Crippen LogP contribution in [0.5, 0.6) is 0 Å². The molecule has 0 atom stereocenters. The zero-order chi connectivity index (χ0) is 16.0. The molecule has 0 N–H and O–H groups in total. The third-order valence-electron chi connectivity index (χ3n) is 3.10. The molecule has 114 valence electrons. The van der Waals surface area contributed by atoms with Gasteiger partial charge in [0.05, 0.1) is 5.54 Å². The molecule has 0 aliphatic carbocycles. The van der Waals surface area contributed by atoms with Gasteiger partial charge >= 0.3 is 0 Å². The molecule has 0 fully saturated rings. The van der Waals surface area contributed by atoms with Crippen LogP contribution in [0.15, 0.2) is 60.0 Å². The molecule has 1 aromatic heterocycles. The molecule has 1 aromatic carbocycles. The summed E-state index contributed by atoms with van der Waals surface area (Å²) in [6, 6.07) is 13.1. The number of hydrogen-bond acceptors (Lipinski definition) is 3. The summed E-state index contributed by atoms with van der Waals surface area (Å²) >= 11 is 0. The molecule has 2 aromatic rings. The number of benzene rings is 1. The van der Waals surface area contributed by atoms with Crippen LogP contribution in [0, 0.1) is 0 Å². The lowest BCUT2D eigenvalue weighted by atomic mass is 10.1. The molecular formula is C18H21N3O. The fourth-order valence-corrected chi connectivity index (χ4v) is 1.98. The van der Waals surface area contributed by atoms with Gasteiger partial charge in [0.25, 0.3) is 5.91 Å². The van der Waals surface area contributed by atoms with Crippen LogP contribution in [0.3, 0.4) is 0 Å². The van der Waals surface area contributed by atoms with Gasteiger partial charge in [-0.1, -0.05) is 24.3 Å². The summed E-state index contributed by atoms with van der Waals surface area (Å²) in [6.07, 6.45) is 5.93. The van der Waals surface area contributed by atoms with E-state index < -0.39 is 5.54 Å². The largest absolute Gasteiger partial charge is 0.274 e. The second-order valence-corrected chi connectivity index (χ2v) is 6.02. The van der Waals surface area contributed by atoms with Gasteiger partial charge in [-0.25, -0.2) is 5.01 Å². The number of nitrogens with zero attached hydrogens (tertiary/aromatic N) is 3. The summed E-state index contributed by atoms with van der Waals surface area (Å²) in [5.41, 5.74) is 1.31. The van der Waals surface area contributed by atoms with Crippen molar-refractivity contribution in [3.05, 3.63) is 66.0 Å². The Balaban J connectivity index is 2.15. The molecule has 0 aliphatic heterocycles. The first kappa shape index (κ1) is 15.9. The van der Waals surface area contributed by atoms with E-state index in [1.807, 2.05) is 51.1 Å². The van der Waals surface area contributed by atoms with Gasteiger partial charge in [-0.2, -0.15) is 5.10 Å². The Morgan fingerprint density at radius 2 is 1.91 bits per heavy atom. The summed E-state index contributed by atoms with van der Waals surface area (Å²) in [5, 5.41) is 5.92. The highest BCUT2D eigenvalue weighted by molar-refractivity contribution is 5.94. The predicted octanol–water partition coefficient (Wildman–Crippen LogP) is 3.55. The van der Waals surface area contributed by atoms with E-state index in [2.05, 4.69) is 10.1 Å². The van der Waals surface area contributed by atoms with Crippen LogP contribution < -0.4 is 0 Å². The first-order valence-electron chi connectivity index (χ1n) is 7.29. The van der Waals surface area contributed by atoms with Gasteiger partial charge in [0.15, 0.2) is 0 Å². The third kappa shape index (κ3) is 4.25. The van der Waals surface area contributed by atoms with Gasteiger partial charge in [-0.3, -0.25) is 9.78 Å². The van der Waals surface area contributed by atoms with Crippen LogP contribution in [0.4, 0.5) is 0 Å². The van der Waals surface area contributed by atoms with Gasteiger partial charge in [0.2, 0.25) is 0 Å². The number of hydrazone groups is 1. The minimum atomic E-state index is -0.391. The van der Waals surface area contributed by atoms with Crippen LogP contribution in [0.25, 0.3) is 0 Å². The molecule has 0 bridgehead atoms. The molecule has 1 heterocycles. The normalized spacial score (nSPS) is 11.6. The van der Waals surface area contributed by atoms with E-state index in [-0.39, 0.29) is 5.91 Å². The number of pyridine rings is 1. The molecule has 0 radical (unpaired) electrons. The van der Waals surface area contributed by atoms with Crippen molar-refractivity contribution in [2.24, 2.45) is 5.10 Å². The van der Waals surface area contributed by atoms with Crippen molar-refractivity contribution in [3.63, 3.8) is 0 Å². The summed E-state index contributed by atoms with van der Waals surface area (Å²) in [5.74, 6) is -0.101. The summed E-state index contributed by atoms with van der Waals surface area (Å²) in [7, 11) is 0. The van der Waals surface area contributed by atoms with Crippen molar-refractivity contribution < 1.29 is 4.79 Å². The molecule has 2 rings (SSSR count). The van der Waals surface area contributed by atoms with Crippen LogP contribution in [0.2, 0.25) is 0 Å². The Hall–Kier alpha value is -2.49. The quantitative estimate of drug-likeness (QED) is 0.639. The van der Waals surface area contributed by atoms with Crippen molar-refractivity contribution in [1.82, 2.24) is 9.99 Å². The lowest BCUT2D eigenvalue weighted by molar-refractivity contribution is 0.0593. The maximum absolute atomic E-state index is 12.6. The minimum Gasteiger partial charge on any atom is -0.267 e. The van der Waals surface area contributed by atoms with Crippen molar-refractivity contribution in [3.8, 4) is 0 Å². The highest BCUT2D eigenvalue weighted by Gasteiger charge is 2.26. The number of rotatable bonds is 4. The average Bonchev–Trinajstić information content (AvgIpc) is 2.52. The first-order valence-corrected chi connectivity index (χ1v) is 7.29. The minimum absolute atomic E-state index is 0.101. The van der Waals surface area contributed by atoms with Gasteiger partial charge in [-0.15, -0.1) is 0 Å². The predicted molar refractivity (Wildman–Crippen MR) is 88.8 cm³/mol. The number of carbonyl (C=O) groups excluding carboxylic acids is 1. The standard InChI is InChI=1S/C18H21N3O/c1-18(2,3)21(17(22)16-9-5-4-6-10-16)20-13-11-15-8-7-12-19-14-15/h4-10,12-14H,11H2,1-3H3/b20-13+. The zero-order valence-electron chi connectivity index (χ0n) is 13.2. The second-order valence-electron chi connectivity index (χ2n) is 6.02. The van der Waals surface area contributed by atoms with Crippen molar-refractivity contribution in [2.75, 3.05) is 0 Å². The number of hydrogen-bond donors (Lipinski definition) is 0. The lowest BCUT2D eigenvalue weighted by Gasteiger charge is -2.31. The fourth-order valence-electron chi connectivity index (χ4n) is 1.98. The van der Waals surface area contributed by atoms with Crippen LogP contribution in [0.1, 0.15) is 36.7 Å². The number of amides is 1. The number of aromatic nitrogens is 1. The van der Waals surface area contributed by atoms with E-state index in [4.69, 9.17) is 0 Å². The molecular weight excluding hydrogens is 274 g/mol. The average molecular weight is 295 g/mol. The van der Waals surface area contributed by atoms with E-state index in [0.29, 0.717) is 12.0 Å². The van der Waals surface area contributed by atoms with Crippen molar-refractivity contribution in [2.45, 2.75) is 32.7 Å². The van der Waals surface area contributed by atoms with Gasteiger partial charge in [0, 0.05) is 30.6 Å². The Kier molecular flexibility index (Phi) is 5.04. The monoisotopic (exact) mass is 295 g/mol. The maximum Gasteiger partial charge on any atom is 0.274 e. The molecule has 0 aliphatic rings. The first-order chi connectivity index (χ1) is 10.5. The lowest BCUT2D eigenvalue weighted by Crippen LogP contribution is -2.42. The molecule has 1 amide bonds. The second kappa shape index (κ2) is 6.98. The Labute approximate surface area is 131 Å². The Morgan fingerprint density at radius 1 is 1.18 bits per heavy atom. The molecule has 0 saturated heterocycles. The van der Waals surface area contributed by atoms with E-state index in [0.717, 1.165) is 5.56 Å². The molecule has 0 unspecified atom stereocenters. The Bertz CT molecular complexity index is 630. The number of carbonyl (C=O) groups is 1. The van der Waals surface area contributed by atoms with Gasteiger partial charge in [0.1, 0.15) is 0 Å². The maximum atomic E-state index is 12.6. The van der Waals surface area contributed by atoms with E-state index >= 15 is 0 Å². The van der Waals surface area contributed by atoms with E-state index in [1.54, 1.807) is 30.7 Å². The van der Waals surface area contributed by atoms with Crippen molar-refractivity contribution >= 4 is 12.1 Å². The fraction of sp³-hybridized carbons (Fsp3) is 0.278. The zero-order valence-corrected chi connectivity index (χ0v) is 13.2. The van der Waals surface area contributed by atoms with E-state index in [1.165, 1.54) is 5.01 Å². The van der Waals surface area contributed by atoms with Crippen molar-refractivity contribution in [1.29, 1.82) is 0 Å². The SMILES string of the molecule is CC(C)(C)N(/N=C/Cc1cccnc1)C(=O)c1ccccc1. The molecule has 4 heteroatoms. The summed E-state index contributed by atoms with van der Waals surface area (Å²) in [4.78, 5) is 16.7. The van der Waals surface area contributed by atoms with Crippen LogP contribution in [-0.2, 0) is 6.42 Å². The highest BCUT2D eigenvalue weighted by Crippen LogP contribution is 2.17. The van der Waals surface area contributed by atoms with Crippen LogP contribution >= 0.6 is 0 Å². The van der Waals surface area contributed by atoms with E-state index in [9.17, 15) is 4.79 Å². The summed E-state index contributed by atoms with van der Waals surface area (Å²) in [6.45, 7) is 5.90. The van der Waals surface area contributed by atoms with Crippen LogP contribution in [-0.4, -0.2) is 27.7 Å². The molecule has 0 saturated carbocycles.